The summed E-state index contributed by atoms with van der Waals surface area (Å²) in [6, 6.07) is 2.05. The van der Waals surface area contributed by atoms with Crippen LogP contribution in [0.25, 0.3) is 0 Å². The molecule has 1 N–H and O–H groups in total. The molecule has 0 aliphatic heterocycles. The number of thiophene rings is 1. The molecule has 2 heterocycles. The fraction of sp³-hybridized carbons (Fsp3) is 0.364. The number of rotatable bonds is 3. The van der Waals surface area contributed by atoms with Gasteiger partial charge in [0.1, 0.15) is 6.10 Å². The maximum absolute atomic E-state index is 10.3. The fourth-order valence-corrected chi connectivity index (χ4v) is 3.29. The summed E-state index contributed by atoms with van der Waals surface area (Å²) in [5, 5.41) is 17.0. The quantitative estimate of drug-likeness (QED) is 0.920. The summed E-state index contributed by atoms with van der Waals surface area (Å²) in [7, 11) is 0. The van der Waals surface area contributed by atoms with Crippen molar-refractivity contribution in [3.63, 3.8) is 0 Å². The third kappa shape index (κ3) is 2.57. The van der Waals surface area contributed by atoms with Crippen molar-refractivity contribution in [2.75, 3.05) is 0 Å². The highest BCUT2D eigenvalue weighted by atomic mass is 79.9. The van der Waals surface area contributed by atoms with Crippen LogP contribution in [-0.2, 0) is 0 Å². The van der Waals surface area contributed by atoms with Crippen LogP contribution in [0.3, 0.4) is 0 Å². The molecule has 92 valence electrons. The molecular weight excluding hydrogens is 324 g/mol. The van der Waals surface area contributed by atoms with Crippen LogP contribution in [0, 0.1) is 0 Å². The molecule has 1 unspecified atom stereocenters. The van der Waals surface area contributed by atoms with E-state index in [0.29, 0.717) is 10.7 Å². The standard InChI is InChI=1S/C11H12BrClN2OS/c1-6(2)15-10(8(13)4-14-15)11(16)9-3-7(12)5-17-9/h3-6,11,16H,1-2H3. The Morgan fingerprint density at radius 3 is 2.76 bits per heavy atom. The highest BCUT2D eigenvalue weighted by Crippen LogP contribution is 2.34. The van der Waals surface area contributed by atoms with E-state index in [2.05, 4.69) is 21.0 Å². The molecule has 0 aliphatic rings. The molecule has 2 aromatic rings. The molecule has 0 radical (unpaired) electrons. The molecule has 0 aromatic carbocycles. The van der Waals surface area contributed by atoms with E-state index in [1.165, 1.54) is 11.3 Å². The normalized spacial score (nSPS) is 13.3. The maximum atomic E-state index is 10.3. The molecule has 17 heavy (non-hydrogen) atoms. The Morgan fingerprint density at radius 1 is 1.53 bits per heavy atom. The van der Waals surface area contributed by atoms with Crippen LogP contribution in [0.5, 0.6) is 0 Å². The molecule has 3 nitrogen and oxygen atoms in total. The number of aliphatic hydroxyl groups is 1. The van der Waals surface area contributed by atoms with E-state index >= 15 is 0 Å². The lowest BCUT2D eigenvalue weighted by Gasteiger charge is -2.15. The zero-order valence-electron chi connectivity index (χ0n) is 9.39. The van der Waals surface area contributed by atoms with Crippen molar-refractivity contribution in [1.29, 1.82) is 0 Å². The molecule has 0 bridgehead atoms. The third-order valence-electron chi connectivity index (χ3n) is 2.39. The number of hydrogen-bond acceptors (Lipinski definition) is 3. The predicted octanol–water partition coefficient (Wildman–Crippen LogP) is 4.02. The van der Waals surface area contributed by atoms with Crippen molar-refractivity contribution < 1.29 is 5.11 Å². The Morgan fingerprint density at radius 2 is 2.24 bits per heavy atom. The average Bonchev–Trinajstić information content (AvgIpc) is 2.83. The highest BCUT2D eigenvalue weighted by molar-refractivity contribution is 9.10. The van der Waals surface area contributed by atoms with Crippen molar-refractivity contribution in [3.05, 3.63) is 37.7 Å². The zero-order chi connectivity index (χ0) is 12.6. The Labute approximate surface area is 117 Å². The van der Waals surface area contributed by atoms with Gasteiger partial charge in [-0.05, 0) is 35.8 Å². The van der Waals surface area contributed by atoms with Gasteiger partial charge in [-0.3, -0.25) is 4.68 Å². The smallest absolute Gasteiger partial charge is 0.131 e. The van der Waals surface area contributed by atoms with E-state index in [4.69, 9.17) is 11.6 Å². The Balaban J connectivity index is 2.43. The van der Waals surface area contributed by atoms with Crippen molar-refractivity contribution in [1.82, 2.24) is 9.78 Å². The van der Waals surface area contributed by atoms with E-state index in [1.807, 2.05) is 25.3 Å². The van der Waals surface area contributed by atoms with Crippen LogP contribution < -0.4 is 0 Å². The van der Waals surface area contributed by atoms with Gasteiger partial charge in [-0.1, -0.05) is 11.6 Å². The molecule has 0 aliphatic carbocycles. The molecule has 0 saturated carbocycles. The van der Waals surface area contributed by atoms with Gasteiger partial charge in [0.2, 0.25) is 0 Å². The van der Waals surface area contributed by atoms with Gasteiger partial charge >= 0.3 is 0 Å². The van der Waals surface area contributed by atoms with Crippen LogP contribution in [-0.4, -0.2) is 14.9 Å². The largest absolute Gasteiger partial charge is 0.381 e. The van der Waals surface area contributed by atoms with E-state index in [0.717, 1.165) is 9.35 Å². The van der Waals surface area contributed by atoms with Gasteiger partial charge in [-0.15, -0.1) is 11.3 Å². The first-order valence-corrected chi connectivity index (χ1v) is 7.20. The third-order valence-corrected chi connectivity index (χ3v) is 4.43. The first-order chi connectivity index (χ1) is 8.00. The summed E-state index contributed by atoms with van der Waals surface area (Å²) in [5.74, 6) is 0. The lowest BCUT2D eigenvalue weighted by Crippen LogP contribution is -2.11. The van der Waals surface area contributed by atoms with Gasteiger partial charge < -0.3 is 5.11 Å². The van der Waals surface area contributed by atoms with Gasteiger partial charge in [0.25, 0.3) is 0 Å². The minimum Gasteiger partial charge on any atom is -0.381 e. The van der Waals surface area contributed by atoms with Gasteiger partial charge in [-0.2, -0.15) is 5.10 Å². The molecular formula is C11H12BrClN2OS. The predicted molar refractivity (Wildman–Crippen MR) is 73.7 cm³/mol. The van der Waals surface area contributed by atoms with E-state index in [-0.39, 0.29) is 6.04 Å². The highest BCUT2D eigenvalue weighted by Gasteiger charge is 2.22. The zero-order valence-corrected chi connectivity index (χ0v) is 12.6. The Kier molecular flexibility index (Phi) is 3.92. The number of aromatic nitrogens is 2. The summed E-state index contributed by atoms with van der Waals surface area (Å²) < 4.78 is 2.71. The first-order valence-electron chi connectivity index (χ1n) is 5.15. The van der Waals surface area contributed by atoms with E-state index in [9.17, 15) is 5.11 Å². The minimum atomic E-state index is -0.733. The second kappa shape index (κ2) is 5.10. The Hall–Kier alpha value is -0.360. The van der Waals surface area contributed by atoms with Crippen LogP contribution in [0.15, 0.2) is 22.1 Å². The lowest BCUT2D eigenvalue weighted by molar-refractivity contribution is 0.209. The molecule has 2 rings (SSSR count). The van der Waals surface area contributed by atoms with Crippen molar-refractivity contribution in [2.24, 2.45) is 0 Å². The number of nitrogens with zero attached hydrogens (tertiary/aromatic N) is 2. The van der Waals surface area contributed by atoms with Crippen LogP contribution in [0.2, 0.25) is 5.02 Å². The number of halogens is 2. The van der Waals surface area contributed by atoms with Crippen molar-refractivity contribution in [2.45, 2.75) is 26.0 Å². The SMILES string of the molecule is CC(C)n1ncc(Cl)c1C(O)c1cc(Br)cs1. The number of aliphatic hydroxyl groups excluding tert-OH is 1. The average molecular weight is 336 g/mol. The van der Waals surface area contributed by atoms with Crippen LogP contribution in [0.4, 0.5) is 0 Å². The molecule has 0 fully saturated rings. The monoisotopic (exact) mass is 334 g/mol. The maximum Gasteiger partial charge on any atom is 0.131 e. The summed E-state index contributed by atoms with van der Waals surface area (Å²) in [6.45, 7) is 4.01. The second-order valence-electron chi connectivity index (χ2n) is 3.99. The van der Waals surface area contributed by atoms with Gasteiger partial charge in [-0.25, -0.2) is 0 Å². The first kappa shape index (κ1) is 13.1. The summed E-state index contributed by atoms with van der Waals surface area (Å²) in [4.78, 5) is 0.848. The van der Waals surface area contributed by atoms with Gasteiger partial charge in [0, 0.05) is 20.8 Å². The summed E-state index contributed by atoms with van der Waals surface area (Å²) in [5.41, 5.74) is 0.649. The lowest BCUT2D eigenvalue weighted by atomic mass is 10.2. The summed E-state index contributed by atoms with van der Waals surface area (Å²) in [6.07, 6.45) is 0.839. The molecule has 1 atom stereocenters. The number of hydrogen-bond donors (Lipinski definition) is 1. The van der Waals surface area contributed by atoms with E-state index < -0.39 is 6.10 Å². The molecule has 0 spiro atoms. The fourth-order valence-electron chi connectivity index (χ4n) is 1.62. The van der Waals surface area contributed by atoms with E-state index in [1.54, 1.807) is 10.9 Å². The molecule has 0 amide bonds. The Bertz CT molecular complexity index is 523. The van der Waals surface area contributed by atoms with Gasteiger partial charge in [0.05, 0.1) is 16.9 Å². The second-order valence-corrected chi connectivity index (χ2v) is 6.25. The van der Waals surface area contributed by atoms with Crippen LogP contribution >= 0.6 is 38.9 Å². The summed E-state index contributed by atoms with van der Waals surface area (Å²) >= 11 is 11.0. The topological polar surface area (TPSA) is 38.0 Å². The molecule has 2 aromatic heterocycles. The molecule has 6 heteroatoms. The van der Waals surface area contributed by atoms with Crippen molar-refractivity contribution >= 4 is 38.9 Å². The van der Waals surface area contributed by atoms with Crippen molar-refractivity contribution in [3.8, 4) is 0 Å². The van der Waals surface area contributed by atoms with Gasteiger partial charge in [0.15, 0.2) is 0 Å². The molecule has 0 saturated heterocycles. The van der Waals surface area contributed by atoms with Crippen LogP contribution in [0.1, 0.15) is 36.6 Å². The minimum absolute atomic E-state index is 0.163.